The number of hydrogen-bond donors (Lipinski definition) is 0. The fourth-order valence-electron chi connectivity index (χ4n) is 8.48. The van der Waals surface area contributed by atoms with E-state index in [-0.39, 0.29) is 18.4 Å². The van der Waals surface area contributed by atoms with Crippen LogP contribution in [-0.2, 0) is 38.1 Å². The summed E-state index contributed by atoms with van der Waals surface area (Å²) in [5.41, 5.74) is -7.78. The van der Waals surface area contributed by atoms with E-state index in [0.29, 0.717) is 29.5 Å². The molecule has 6 atom stereocenters. The standard InChI is InChI=1S/C34H38O11/c1-28(2)23(42-27(39)34-16-14-32(8,25(37)45-34)30(34,5)6)22(18-9-11-19-17(21(18)43-28)10-12-20(35)40-19)41-26(38)33-15-13-31(7,24(36)44-33)29(33,3)4/h9-12,22-23H,13-16H2,1-8H3/t22-,23-,31-,32-,33+,34+/m0/s1. The van der Waals surface area contributed by atoms with Gasteiger partial charge in [-0.3, -0.25) is 9.59 Å². The Labute approximate surface area is 259 Å². The van der Waals surface area contributed by atoms with E-state index in [4.69, 9.17) is 28.1 Å². The highest BCUT2D eigenvalue weighted by Crippen LogP contribution is 2.67. The maximum absolute atomic E-state index is 14.3. The van der Waals surface area contributed by atoms with Crippen LogP contribution in [0.25, 0.3) is 11.0 Å². The van der Waals surface area contributed by atoms with Crippen LogP contribution in [0, 0.1) is 21.7 Å². The van der Waals surface area contributed by atoms with Gasteiger partial charge in [-0.25, -0.2) is 14.4 Å². The summed E-state index contributed by atoms with van der Waals surface area (Å²) in [6, 6.07) is 5.98. The number of carbonyl (C=O) groups excluding carboxylic acids is 4. The van der Waals surface area contributed by atoms with Crippen molar-refractivity contribution >= 4 is 34.8 Å². The molecule has 4 heterocycles. The number of ether oxygens (including phenoxy) is 5. The lowest BCUT2D eigenvalue weighted by Gasteiger charge is -2.46. The molecule has 0 spiro atoms. The minimum Gasteiger partial charge on any atom is -0.483 e. The predicted molar refractivity (Wildman–Crippen MR) is 156 cm³/mol. The summed E-state index contributed by atoms with van der Waals surface area (Å²) < 4.78 is 36.1. The summed E-state index contributed by atoms with van der Waals surface area (Å²) in [5.74, 6) is -2.12. The predicted octanol–water partition coefficient (Wildman–Crippen LogP) is 4.70. The van der Waals surface area contributed by atoms with Crippen LogP contribution < -0.4 is 10.4 Å². The van der Waals surface area contributed by atoms with E-state index in [9.17, 15) is 24.0 Å². The molecule has 0 N–H and O–H groups in total. The molecule has 0 unspecified atom stereocenters. The largest absolute Gasteiger partial charge is 0.483 e. The molecule has 2 aliphatic carbocycles. The summed E-state index contributed by atoms with van der Waals surface area (Å²) in [6.45, 7) is 14.3. The molecule has 11 nitrogen and oxygen atoms in total. The Morgan fingerprint density at radius 3 is 1.71 bits per heavy atom. The molecule has 45 heavy (non-hydrogen) atoms. The van der Waals surface area contributed by atoms with Crippen molar-refractivity contribution in [2.24, 2.45) is 21.7 Å². The molecule has 3 aliphatic heterocycles. The molecule has 2 saturated heterocycles. The number of hydrogen-bond acceptors (Lipinski definition) is 11. The summed E-state index contributed by atoms with van der Waals surface area (Å²) >= 11 is 0. The fraction of sp³-hybridized carbons (Fsp3) is 0.618. The Kier molecular flexibility index (Phi) is 5.61. The number of rotatable bonds is 4. The Morgan fingerprint density at radius 1 is 0.689 bits per heavy atom. The van der Waals surface area contributed by atoms with Crippen molar-refractivity contribution < 1.29 is 47.3 Å². The Morgan fingerprint density at radius 2 is 1.22 bits per heavy atom. The van der Waals surface area contributed by atoms with Crippen molar-refractivity contribution in [1.29, 1.82) is 0 Å². The quantitative estimate of drug-likeness (QED) is 0.266. The Bertz CT molecular complexity index is 1780. The molecule has 7 rings (SSSR count). The first kappa shape index (κ1) is 29.8. The summed E-state index contributed by atoms with van der Waals surface area (Å²) in [5, 5.41) is 0.459. The van der Waals surface area contributed by atoms with Gasteiger partial charge in [0.05, 0.1) is 16.2 Å². The zero-order chi connectivity index (χ0) is 32.8. The first-order valence-electron chi connectivity index (χ1n) is 15.4. The second-order valence-corrected chi connectivity index (χ2v) is 15.4. The van der Waals surface area contributed by atoms with Gasteiger partial charge in [-0.15, -0.1) is 0 Å². The van der Waals surface area contributed by atoms with Crippen LogP contribution in [0.2, 0.25) is 0 Å². The first-order valence-corrected chi connectivity index (χ1v) is 15.4. The molecule has 4 fully saturated rings. The average molecular weight is 623 g/mol. The summed E-state index contributed by atoms with van der Waals surface area (Å²) in [4.78, 5) is 66.5. The lowest BCUT2D eigenvalue weighted by molar-refractivity contribution is -0.217. The lowest BCUT2D eigenvalue weighted by Crippen LogP contribution is -2.57. The number of carbonyl (C=O) groups is 4. The van der Waals surface area contributed by atoms with E-state index < -0.39 is 80.2 Å². The molecule has 0 amide bonds. The number of benzene rings is 1. The van der Waals surface area contributed by atoms with Gasteiger partial charge in [0.25, 0.3) is 0 Å². The van der Waals surface area contributed by atoms with Gasteiger partial charge in [-0.05, 0) is 71.6 Å². The second-order valence-electron chi connectivity index (χ2n) is 15.4. The van der Waals surface area contributed by atoms with E-state index in [1.807, 2.05) is 27.7 Å². The highest BCUT2D eigenvalue weighted by Gasteiger charge is 2.78. The monoisotopic (exact) mass is 622 g/mol. The Balaban J connectivity index is 1.33. The maximum Gasteiger partial charge on any atom is 0.351 e. The van der Waals surface area contributed by atoms with Crippen LogP contribution in [0.15, 0.2) is 33.5 Å². The van der Waals surface area contributed by atoms with Crippen molar-refractivity contribution in [3.63, 3.8) is 0 Å². The molecule has 1 aromatic heterocycles. The fourth-order valence-corrected chi connectivity index (χ4v) is 8.48. The van der Waals surface area contributed by atoms with E-state index in [0.717, 1.165) is 0 Å². The summed E-state index contributed by atoms with van der Waals surface area (Å²) in [6.07, 6.45) is -0.968. The van der Waals surface area contributed by atoms with Crippen LogP contribution in [0.5, 0.6) is 5.75 Å². The van der Waals surface area contributed by atoms with Crippen LogP contribution in [0.1, 0.15) is 92.7 Å². The third-order valence-electron chi connectivity index (χ3n) is 12.7. The molecule has 240 valence electrons. The highest BCUT2D eigenvalue weighted by atomic mass is 16.7. The minimum absolute atomic E-state index is 0.261. The van der Waals surface area contributed by atoms with Crippen molar-refractivity contribution in [2.45, 2.75) is 110 Å². The third kappa shape index (κ3) is 3.29. The van der Waals surface area contributed by atoms with Crippen LogP contribution >= 0.6 is 0 Å². The van der Waals surface area contributed by atoms with Gasteiger partial charge in [0.2, 0.25) is 11.2 Å². The Hall–Kier alpha value is -3.89. The van der Waals surface area contributed by atoms with Gasteiger partial charge in [-0.2, -0.15) is 0 Å². The van der Waals surface area contributed by atoms with Gasteiger partial charge >= 0.3 is 29.5 Å². The molecule has 11 heteroatoms. The second kappa shape index (κ2) is 8.47. The van der Waals surface area contributed by atoms with Crippen LogP contribution in [0.3, 0.4) is 0 Å². The maximum atomic E-state index is 14.3. The summed E-state index contributed by atoms with van der Waals surface area (Å²) in [7, 11) is 0. The van der Waals surface area contributed by atoms with Crippen LogP contribution in [-0.4, -0.2) is 46.8 Å². The average Bonchev–Trinajstić information content (AvgIpc) is 3.42. The van der Waals surface area contributed by atoms with Gasteiger partial charge in [0.15, 0.2) is 12.2 Å². The van der Waals surface area contributed by atoms with Gasteiger partial charge in [0.1, 0.15) is 16.9 Å². The van der Waals surface area contributed by atoms with Gasteiger partial charge in [0, 0.05) is 22.5 Å². The zero-order valence-corrected chi connectivity index (χ0v) is 26.8. The van der Waals surface area contributed by atoms with E-state index >= 15 is 0 Å². The van der Waals surface area contributed by atoms with E-state index in [1.165, 1.54) is 6.07 Å². The van der Waals surface area contributed by atoms with Crippen molar-refractivity contribution in [3.8, 4) is 5.75 Å². The van der Waals surface area contributed by atoms with E-state index in [1.54, 1.807) is 45.9 Å². The zero-order valence-electron chi connectivity index (χ0n) is 26.8. The molecule has 2 saturated carbocycles. The molecule has 4 bridgehead atoms. The lowest BCUT2D eigenvalue weighted by atomic mass is 9.66. The van der Waals surface area contributed by atoms with Crippen LogP contribution in [0.4, 0.5) is 0 Å². The van der Waals surface area contributed by atoms with Crippen molar-refractivity contribution in [2.75, 3.05) is 0 Å². The topological polar surface area (TPSA) is 145 Å². The van der Waals surface area contributed by atoms with Gasteiger partial charge < -0.3 is 28.1 Å². The number of esters is 4. The molecule has 2 aromatic rings. The highest BCUT2D eigenvalue weighted by molar-refractivity contribution is 5.95. The van der Waals surface area contributed by atoms with E-state index in [2.05, 4.69) is 0 Å². The number of fused-ring (bicyclic) bond motifs is 7. The molecule has 0 radical (unpaired) electrons. The van der Waals surface area contributed by atoms with Crippen molar-refractivity contribution in [1.82, 2.24) is 0 Å². The molecule has 1 aromatic carbocycles. The third-order valence-corrected chi connectivity index (χ3v) is 12.7. The molecule has 5 aliphatic rings. The molecular weight excluding hydrogens is 584 g/mol. The van der Waals surface area contributed by atoms with Gasteiger partial charge in [-0.1, -0.05) is 27.7 Å². The normalized spacial score (nSPS) is 37.9. The SMILES string of the molecule is CC1(C)Oc2c(ccc3oc(=O)ccc23)[C@H](OC(=O)[C@@]23CC[C@@](C)(C(=O)O2)C3(C)C)[C@@H]1OC(=O)[C@@]12CC[C@@](C)(C(=O)O1)C2(C)C. The minimum atomic E-state index is -1.55. The molecular formula is C34H38O11. The smallest absolute Gasteiger partial charge is 0.351 e. The first-order chi connectivity index (χ1) is 20.8. The van der Waals surface area contributed by atoms with Crippen molar-refractivity contribution in [3.05, 3.63) is 40.2 Å².